The normalized spacial score (nSPS) is 19.0. The first-order valence-corrected chi connectivity index (χ1v) is 20.0. The van der Waals surface area contributed by atoms with E-state index in [1.54, 1.807) is 49.4 Å². The number of amides is 4. The minimum absolute atomic E-state index is 0.00977. The van der Waals surface area contributed by atoms with E-state index in [0.29, 0.717) is 67.2 Å². The predicted octanol–water partition coefficient (Wildman–Crippen LogP) is 5.80. The lowest BCUT2D eigenvalue weighted by atomic mass is 9.85. The molecule has 302 valence electrons. The van der Waals surface area contributed by atoms with Gasteiger partial charge in [-0.15, -0.1) is 5.10 Å². The largest absolute Gasteiger partial charge is 0.374 e. The lowest BCUT2D eigenvalue weighted by Gasteiger charge is -2.34. The van der Waals surface area contributed by atoms with Crippen LogP contribution in [-0.4, -0.2) is 99.7 Å². The van der Waals surface area contributed by atoms with E-state index in [1.165, 1.54) is 11.0 Å². The number of hydrogen-bond donors (Lipinski definition) is 3. The van der Waals surface area contributed by atoms with Crippen LogP contribution in [0.3, 0.4) is 0 Å². The Morgan fingerprint density at radius 2 is 1.74 bits per heavy atom. The Morgan fingerprint density at radius 1 is 0.948 bits per heavy atom. The van der Waals surface area contributed by atoms with E-state index in [2.05, 4.69) is 38.1 Å². The summed E-state index contributed by atoms with van der Waals surface area (Å²) in [5.41, 5.74) is 4.95. The first-order chi connectivity index (χ1) is 28.0. The number of aromatic amines is 1. The Bertz CT molecular complexity index is 2340. The summed E-state index contributed by atoms with van der Waals surface area (Å²) in [5, 5.41) is 13.7. The van der Waals surface area contributed by atoms with Crippen LogP contribution in [0, 0.1) is 11.6 Å². The number of carbonyl (C=O) groups is 4. The molecule has 2 aromatic heterocycles. The smallest absolute Gasteiger partial charge is 0.269 e. The molecule has 3 fully saturated rings. The number of H-pyrrole nitrogens is 1. The maximum atomic E-state index is 16.6. The van der Waals surface area contributed by atoms with Crippen molar-refractivity contribution < 1.29 is 28.0 Å². The van der Waals surface area contributed by atoms with E-state index in [0.717, 1.165) is 42.4 Å². The Balaban J connectivity index is 0.984. The van der Waals surface area contributed by atoms with Gasteiger partial charge in [0.1, 0.15) is 17.6 Å². The van der Waals surface area contributed by atoms with E-state index in [-0.39, 0.29) is 53.7 Å². The van der Waals surface area contributed by atoms with Crippen LogP contribution in [-0.2, 0) is 20.9 Å². The zero-order chi connectivity index (χ0) is 40.5. The van der Waals surface area contributed by atoms with Crippen LogP contribution in [0.15, 0.2) is 67.0 Å². The van der Waals surface area contributed by atoms with Crippen molar-refractivity contribution in [2.45, 2.75) is 69.4 Å². The summed E-state index contributed by atoms with van der Waals surface area (Å²) in [6, 6.07) is 16.2. The average molecular weight is 792 g/mol. The first kappa shape index (κ1) is 38.7. The summed E-state index contributed by atoms with van der Waals surface area (Å²) in [6.45, 7) is 2.76. The molecular formula is C43H47F2N9O4. The van der Waals surface area contributed by atoms with Crippen LogP contribution < -0.4 is 15.5 Å². The first-order valence-electron chi connectivity index (χ1n) is 20.0. The van der Waals surface area contributed by atoms with E-state index >= 15 is 8.78 Å². The van der Waals surface area contributed by atoms with Crippen molar-refractivity contribution in [3.8, 4) is 11.1 Å². The van der Waals surface area contributed by atoms with E-state index in [4.69, 9.17) is 0 Å². The van der Waals surface area contributed by atoms with Gasteiger partial charge in [-0.25, -0.2) is 8.78 Å². The molecular weight excluding hydrogens is 745 g/mol. The number of rotatable bonds is 10. The van der Waals surface area contributed by atoms with Crippen molar-refractivity contribution in [2.75, 3.05) is 50.5 Å². The number of anilines is 2. The number of likely N-dealkylation sites (tertiary alicyclic amines) is 1. The molecule has 8 rings (SSSR count). The van der Waals surface area contributed by atoms with Gasteiger partial charge in [0.2, 0.25) is 17.7 Å². The third-order valence-electron chi connectivity index (χ3n) is 11.8. The fraction of sp³-hybridized carbons (Fsp3) is 0.395. The summed E-state index contributed by atoms with van der Waals surface area (Å²) in [4.78, 5) is 58.3. The minimum Gasteiger partial charge on any atom is -0.374 e. The molecule has 2 atom stereocenters. The van der Waals surface area contributed by atoms with Gasteiger partial charge in [-0.05, 0) is 90.6 Å². The summed E-state index contributed by atoms with van der Waals surface area (Å²) in [7, 11) is 3.32. The maximum Gasteiger partial charge on any atom is 0.269 e. The van der Waals surface area contributed by atoms with E-state index in [1.807, 2.05) is 28.0 Å². The van der Waals surface area contributed by atoms with Crippen molar-refractivity contribution in [3.63, 3.8) is 0 Å². The number of aryl methyl sites for hydroxylation is 1. The zero-order valence-corrected chi connectivity index (χ0v) is 32.6. The lowest BCUT2D eigenvalue weighted by molar-refractivity contribution is -0.134. The molecule has 5 heterocycles. The molecule has 1 unspecified atom stereocenters. The molecule has 15 heteroatoms. The van der Waals surface area contributed by atoms with Crippen LogP contribution in [0.1, 0.15) is 78.4 Å². The van der Waals surface area contributed by atoms with Crippen LogP contribution >= 0.6 is 0 Å². The molecule has 0 radical (unpaired) electrons. The molecule has 0 bridgehead atoms. The number of hydrogen-bond acceptors (Lipinski definition) is 8. The number of nitrogens with zero attached hydrogens (tertiary/aromatic N) is 6. The summed E-state index contributed by atoms with van der Waals surface area (Å²) in [6.07, 6.45) is 7.29. The molecule has 0 spiro atoms. The van der Waals surface area contributed by atoms with Crippen molar-refractivity contribution in [3.05, 3.63) is 95.4 Å². The number of halogens is 2. The molecule has 5 aromatic rings. The van der Waals surface area contributed by atoms with Gasteiger partial charge >= 0.3 is 0 Å². The summed E-state index contributed by atoms with van der Waals surface area (Å²) < 4.78 is 33.6. The minimum atomic E-state index is -0.587. The Morgan fingerprint density at radius 3 is 2.45 bits per heavy atom. The second-order valence-corrected chi connectivity index (χ2v) is 15.8. The number of carbonyl (C=O) groups excluding carboxylic acids is 4. The summed E-state index contributed by atoms with van der Waals surface area (Å²) >= 11 is 0. The van der Waals surface area contributed by atoms with E-state index < -0.39 is 17.8 Å². The fourth-order valence-electron chi connectivity index (χ4n) is 8.63. The monoisotopic (exact) mass is 791 g/mol. The van der Waals surface area contributed by atoms with Crippen LogP contribution in [0.5, 0.6) is 0 Å². The highest BCUT2D eigenvalue weighted by atomic mass is 19.1. The Labute approximate surface area is 334 Å². The molecule has 0 saturated carbocycles. The topological polar surface area (TPSA) is 149 Å². The number of benzene rings is 3. The van der Waals surface area contributed by atoms with Crippen LogP contribution in [0.25, 0.3) is 22.0 Å². The van der Waals surface area contributed by atoms with Gasteiger partial charge in [0.05, 0.1) is 23.9 Å². The fourth-order valence-corrected chi connectivity index (χ4v) is 8.63. The molecule has 3 aliphatic heterocycles. The molecule has 58 heavy (non-hydrogen) atoms. The lowest BCUT2D eigenvalue weighted by Crippen LogP contribution is -2.47. The number of aromatic nitrogens is 4. The van der Waals surface area contributed by atoms with Crippen LogP contribution in [0.2, 0.25) is 0 Å². The second kappa shape index (κ2) is 16.4. The molecule has 0 aliphatic carbocycles. The number of piperidine rings is 3. The highest BCUT2D eigenvalue weighted by Crippen LogP contribution is 2.40. The Hall–Kier alpha value is -6.12. The van der Waals surface area contributed by atoms with Gasteiger partial charge in [0.25, 0.3) is 5.91 Å². The van der Waals surface area contributed by atoms with Gasteiger partial charge < -0.3 is 25.0 Å². The van der Waals surface area contributed by atoms with Crippen molar-refractivity contribution in [1.82, 2.24) is 35.1 Å². The van der Waals surface area contributed by atoms with Crippen molar-refractivity contribution in [1.29, 1.82) is 0 Å². The molecule has 3 N–H and O–H groups in total. The number of fused-ring (bicyclic) bond motifs is 1. The SMILES string of the molecule is CN(C)C(=O)c1cc2c(-c3ccc(C4CCN(c5ccc(NC6CCC(=O)NC6=O)cc5F)CC4)cc3)cc([C@@H]3CCCN(C(=O)CCn4ccnn4)C3)c(F)c2[nH]1. The molecule has 3 aromatic carbocycles. The van der Waals surface area contributed by atoms with Gasteiger partial charge in [0, 0.05) is 76.3 Å². The third kappa shape index (κ3) is 8.02. The Kier molecular flexibility index (Phi) is 10.9. The van der Waals surface area contributed by atoms with Gasteiger partial charge in [-0.3, -0.25) is 29.2 Å². The van der Waals surface area contributed by atoms with E-state index in [9.17, 15) is 19.2 Å². The zero-order valence-electron chi connectivity index (χ0n) is 32.6. The number of imide groups is 1. The standard InChI is InChI=1S/C43H47F2N9O4/c1-51(2)43(58)36-24-33-31(23-32(40(45)41(33)48-36)29-4-3-17-53(25-29)39(56)15-20-54-21-16-46-50-54)28-7-5-26(6-8-28)27-13-18-52(19-14-27)37-11-9-30(22-34(37)44)47-35-10-12-38(55)49-42(35)57/h5-9,11,16,21-24,27,29,35,47-48H,3-4,10,12-15,17-20,25H2,1-2H3,(H,49,55,57)/t29-,35?/m1/s1. The highest BCUT2D eigenvalue weighted by molar-refractivity contribution is 6.04. The van der Waals surface area contributed by atoms with Crippen molar-refractivity contribution >= 4 is 45.9 Å². The number of nitrogens with one attached hydrogen (secondary N) is 3. The third-order valence-corrected chi connectivity index (χ3v) is 11.8. The maximum absolute atomic E-state index is 16.6. The van der Waals surface area contributed by atoms with Gasteiger partial charge in [-0.1, -0.05) is 29.5 Å². The van der Waals surface area contributed by atoms with Crippen molar-refractivity contribution in [2.24, 2.45) is 0 Å². The van der Waals surface area contributed by atoms with Gasteiger partial charge in [-0.2, -0.15) is 0 Å². The average Bonchev–Trinajstić information content (AvgIpc) is 3.93. The van der Waals surface area contributed by atoms with Crippen LogP contribution in [0.4, 0.5) is 20.2 Å². The second-order valence-electron chi connectivity index (χ2n) is 15.8. The molecule has 3 saturated heterocycles. The predicted molar refractivity (Wildman–Crippen MR) is 215 cm³/mol. The molecule has 4 amide bonds. The quantitative estimate of drug-likeness (QED) is 0.150. The summed E-state index contributed by atoms with van der Waals surface area (Å²) in [5.74, 6) is -1.71. The highest BCUT2D eigenvalue weighted by Gasteiger charge is 2.31. The molecule has 13 nitrogen and oxygen atoms in total. The molecule has 3 aliphatic rings. The van der Waals surface area contributed by atoms with Gasteiger partial charge in [0.15, 0.2) is 5.82 Å².